The number of hydrogen-bond donors (Lipinski definition) is 1. The van der Waals surface area contributed by atoms with Crippen molar-refractivity contribution in [3.05, 3.63) is 35.9 Å². The third kappa shape index (κ3) is 6.16. The molecule has 0 unspecified atom stereocenters. The van der Waals surface area contributed by atoms with E-state index in [1.807, 2.05) is 0 Å². The van der Waals surface area contributed by atoms with Crippen LogP contribution in [0.25, 0.3) is 0 Å². The van der Waals surface area contributed by atoms with Crippen LogP contribution in [0, 0.1) is 0 Å². The Balaban J connectivity index is 2.15. The van der Waals surface area contributed by atoms with Crippen molar-refractivity contribution in [2.75, 3.05) is 32.7 Å². The number of nitrogens with zero attached hydrogens (tertiary/aromatic N) is 4. The van der Waals surface area contributed by atoms with Crippen molar-refractivity contribution in [3.63, 3.8) is 0 Å². The summed E-state index contributed by atoms with van der Waals surface area (Å²) >= 11 is 0. The van der Waals surface area contributed by atoms with Crippen molar-refractivity contribution >= 4 is 11.6 Å². The van der Waals surface area contributed by atoms with Crippen LogP contribution in [0.4, 0.5) is 18.9 Å². The Labute approximate surface area is 166 Å². The number of amides is 1. The predicted octanol–water partition coefficient (Wildman–Crippen LogP) is 2.32. The van der Waals surface area contributed by atoms with E-state index >= 15 is 0 Å². The van der Waals surface area contributed by atoms with Crippen LogP contribution in [0.2, 0.25) is 0 Å². The van der Waals surface area contributed by atoms with E-state index < -0.39 is 23.7 Å². The minimum absolute atomic E-state index is 0.0557. The SMILES string of the molecule is COCCOc1ccc(C(F)(F)F)cc1NC(=O)[C@H](C)N(C)Cc1ncnn1C. The molecule has 11 heteroatoms. The van der Waals surface area contributed by atoms with E-state index in [1.54, 1.807) is 30.6 Å². The van der Waals surface area contributed by atoms with Gasteiger partial charge < -0.3 is 14.8 Å². The first-order valence-corrected chi connectivity index (χ1v) is 8.80. The summed E-state index contributed by atoms with van der Waals surface area (Å²) in [4.78, 5) is 18.5. The molecule has 2 aromatic rings. The molecular formula is C18H24F3N5O3. The maximum absolute atomic E-state index is 13.1. The number of aryl methyl sites for hydroxylation is 1. The smallest absolute Gasteiger partial charge is 0.416 e. The molecule has 1 amide bonds. The van der Waals surface area contributed by atoms with Gasteiger partial charge in [-0.25, -0.2) is 4.98 Å². The van der Waals surface area contributed by atoms with E-state index in [1.165, 1.54) is 19.5 Å². The lowest BCUT2D eigenvalue weighted by Crippen LogP contribution is -2.39. The third-order valence-electron chi connectivity index (χ3n) is 4.35. The third-order valence-corrected chi connectivity index (χ3v) is 4.35. The summed E-state index contributed by atoms with van der Waals surface area (Å²) in [6.45, 7) is 2.37. The Morgan fingerprint density at radius 3 is 2.66 bits per heavy atom. The van der Waals surface area contributed by atoms with Crippen LogP contribution in [-0.2, 0) is 29.3 Å². The number of carbonyl (C=O) groups is 1. The van der Waals surface area contributed by atoms with Gasteiger partial charge in [0.15, 0.2) is 0 Å². The molecule has 0 aliphatic carbocycles. The maximum Gasteiger partial charge on any atom is 0.416 e. The molecule has 0 radical (unpaired) electrons. The van der Waals surface area contributed by atoms with Crippen molar-refractivity contribution in [1.82, 2.24) is 19.7 Å². The molecule has 0 saturated carbocycles. The summed E-state index contributed by atoms with van der Waals surface area (Å²) in [6, 6.07) is 2.30. The number of alkyl halides is 3. The summed E-state index contributed by atoms with van der Waals surface area (Å²) < 4.78 is 51.2. The summed E-state index contributed by atoms with van der Waals surface area (Å²) in [7, 11) is 4.92. The number of rotatable bonds is 9. The lowest BCUT2D eigenvalue weighted by atomic mass is 10.1. The van der Waals surface area contributed by atoms with Crippen LogP contribution in [0.15, 0.2) is 24.5 Å². The number of halogens is 3. The summed E-state index contributed by atoms with van der Waals surface area (Å²) in [6.07, 6.45) is -3.14. The van der Waals surface area contributed by atoms with Crippen molar-refractivity contribution in [2.24, 2.45) is 7.05 Å². The van der Waals surface area contributed by atoms with Crippen LogP contribution < -0.4 is 10.1 Å². The van der Waals surface area contributed by atoms with Crippen LogP contribution in [0.5, 0.6) is 5.75 Å². The summed E-state index contributed by atoms with van der Waals surface area (Å²) in [5.41, 5.74) is -0.938. The lowest BCUT2D eigenvalue weighted by Gasteiger charge is -2.24. The molecule has 0 aliphatic rings. The monoisotopic (exact) mass is 415 g/mol. The highest BCUT2D eigenvalue weighted by molar-refractivity contribution is 5.96. The Morgan fingerprint density at radius 2 is 2.07 bits per heavy atom. The average molecular weight is 415 g/mol. The molecule has 0 aliphatic heterocycles. The summed E-state index contributed by atoms with van der Waals surface area (Å²) in [5, 5.41) is 6.50. The van der Waals surface area contributed by atoms with Crippen LogP contribution >= 0.6 is 0 Å². The van der Waals surface area contributed by atoms with Gasteiger partial charge in [0.2, 0.25) is 5.91 Å². The molecule has 160 valence electrons. The van der Waals surface area contributed by atoms with Gasteiger partial charge in [0.1, 0.15) is 24.5 Å². The molecule has 2 rings (SSSR count). The Kier molecular flexibility index (Phi) is 7.57. The number of nitrogens with one attached hydrogen (secondary N) is 1. The fourth-order valence-electron chi connectivity index (χ4n) is 2.43. The number of aromatic nitrogens is 3. The van der Waals surface area contributed by atoms with Crippen molar-refractivity contribution in [1.29, 1.82) is 0 Å². The standard InChI is InChI=1S/C18H24F3N5O3/c1-12(25(2)10-16-22-11-23-26(16)3)17(27)24-14-9-13(18(19,20)21)5-6-15(14)29-8-7-28-4/h5-6,9,11-12H,7-8,10H2,1-4H3,(H,24,27)/t12-/m0/s1. The van der Waals surface area contributed by atoms with Crippen LogP contribution in [-0.4, -0.2) is 59.0 Å². The molecule has 0 fully saturated rings. The quantitative estimate of drug-likeness (QED) is 0.633. The molecule has 8 nitrogen and oxygen atoms in total. The molecule has 1 aromatic carbocycles. The lowest BCUT2D eigenvalue weighted by molar-refractivity contribution is -0.137. The normalized spacial score (nSPS) is 12.8. The number of methoxy groups -OCH3 is 1. The first kappa shape index (κ1) is 22.6. The van der Waals surface area contributed by atoms with Crippen LogP contribution in [0.1, 0.15) is 18.3 Å². The van der Waals surface area contributed by atoms with Gasteiger partial charge in [-0.1, -0.05) is 0 Å². The van der Waals surface area contributed by atoms with Crippen LogP contribution in [0.3, 0.4) is 0 Å². The number of anilines is 1. The zero-order valence-corrected chi connectivity index (χ0v) is 16.7. The first-order valence-electron chi connectivity index (χ1n) is 8.80. The number of likely N-dealkylation sites (N-methyl/N-ethyl adjacent to an activating group) is 1. The van der Waals surface area contributed by atoms with Gasteiger partial charge in [-0.15, -0.1) is 0 Å². The van der Waals surface area contributed by atoms with Gasteiger partial charge in [0, 0.05) is 14.2 Å². The highest BCUT2D eigenvalue weighted by Gasteiger charge is 2.32. The van der Waals surface area contributed by atoms with E-state index in [2.05, 4.69) is 15.4 Å². The second-order valence-corrected chi connectivity index (χ2v) is 6.43. The minimum atomic E-state index is -4.54. The van der Waals surface area contributed by atoms with E-state index in [4.69, 9.17) is 9.47 Å². The van der Waals surface area contributed by atoms with Crippen molar-refractivity contribution in [3.8, 4) is 5.75 Å². The molecule has 1 aromatic heterocycles. The van der Waals surface area contributed by atoms with E-state index in [0.717, 1.165) is 12.1 Å². The molecule has 0 bridgehead atoms. The molecule has 0 spiro atoms. The van der Waals surface area contributed by atoms with Gasteiger partial charge >= 0.3 is 6.18 Å². The Bertz CT molecular complexity index is 825. The number of benzene rings is 1. The fraction of sp³-hybridized carbons (Fsp3) is 0.500. The van der Waals surface area contributed by atoms with E-state index in [0.29, 0.717) is 12.4 Å². The average Bonchev–Trinajstić information content (AvgIpc) is 3.06. The highest BCUT2D eigenvalue weighted by atomic mass is 19.4. The van der Waals surface area contributed by atoms with Gasteiger partial charge in [0.25, 0.3) is 0 Å². The second kappa shape index (κ2) is 9.70. The van der Waals surface area contributed by atoms with Gasteiger partial charge in [0.05, 0.1) is 30.4 Å². The Hall–Kier alpha value is -2.66. The summed E-state index contributed by atoms with van der Waals surface area (Å²) in [5.74, 6) is 0.298. The zero-order chi connectivity index (χ0) is 21.6. The van der Waals surface area contributed by atoms with Crippen molar-refractivity contribution < 1.29 is 27.4 Å². The van der Waals surface area contributed by atoms with Gasteiger partial charge in [-0.05, 0) is 32.2 Å². The molecule has 1 heterocycles. The number of carbonyl (C=O) groups excluding carboxylic acids is 1. The van der Waals surface area contributed by atoms with Gasteiger partial charge in [-0.3, -0.25) is 14.4 Å². The zero-order valence-electron chi connectivity index (χ0n) is 16.7. The predicted molar refractivity (Wildman–Crippen MR) is 99.4 cm³/mol. The molecule has 29 heavy (non-hydrogen) atoms. The second-order valence-electron chi connectivity index (χ2n) is 6.43. The number of hydrogen-bond acceptors (Lipinski definition) is 6. The highest BCUT2D eigenvalue weighted by Crippen LogP contribution is 2.35. The molecule has 0 saturated heterocycles. The molecular weight excluding hydrogens is 391 g/mol. The van der Waals surface area contributed by atoms with E-state index in [9.17, 15) is 18.0 Å². The largest absolute Gasteiger partial charge is 0.489 e. The topological polar surface area (TPSA) is 81.5 Å². The maximum atomic E-state index is 13.1. The Morgan fingerprint density at radius 1 is 1.34 bits per heavy atom. The minimum Gasteiger partial charge on any atom is -0.489 e. The first-order chi connectivity index (χ1) is 13.6. The molecule has 1 N–H and O–H groups in total. The molecule has 1 atom stereocenters. The van der Waals surface area contributed by atoms with Gasteiger partial charge in [-0.2, -0.15) is 18.3 Å². The van der Waals surface area contributed by atoms with Crippen molar-refractivity contribution in [2.45, 2.75) is 25.7 Å². The number of ether oxygens (including phenoxy) is 2. The fourth-order valence-corrected chi connectivity index (χ4v) is 2.43. The van der Waals surface area contributed by atoms with E-state index in [-0.39, 0.29) is 24.7 Å².